The van der Waals surface area contributed by atoms with E-state index in [1.54, 1.807) is 0 Å². The Morgan fingerprint density at radius 3 is 2.83 bits per heavy atom. The molecule has 3 unspecified atom stereocenters. The molecule has 2 heterocycles. The molecule has 4 heteroatoms. The van der Waals surface area contributed by atoms with Gasteiger partial charge in [0.2, 0.25) is 0 Å². The van der Waals surface area contributed by atoms with Crippen molar-refractivity contribution in [2.24, 2.45) is 11.8 Å². The van der Waals surface area contributed by atoms with Crippen molar-refractivity contribution in [1.82, 2.24) is 15.2 Å². The van der Waals surface area contributed by atoms with Gasteiger partial charge in [0, 0.05) is 25.3 Å². The van der Waals surface area contributed by atoms with Gasteiger partial charge < -0.3 is 5.32 Å². The summed E-state index contributed by atoms with van der Waals surface area (Å²) in [6, 6.07) is 7.06. The fourth-order valence-electron chi connectivity index (χ4n) is 4.47. The first-order valence-corrected chi connectivity index (χ1v) is 9.66. The third kappa shape index (κ3) is 6.02. The molecular weight excluding hydrogens is 318 g/mol. The molecule has 1 aliphatic carbocycles. The molecule has 3 rings (SSSR count). The number of pyridine rings is 1. The summed E-state index contributed by atoms with van der Waals surface area (Å²) in [7, 11) is 0. The molecule has 1 saturated carbocycles. The second-order valence-electron chi connectivity index (χ2n) is 7.72. The predicted octanol–water partition coefficient (Wildman–Crippen LogP) is 4.27. The number of aromatic nitrogens is 1. The maximum Gasteiger partial charge on any atom is 0.0544 e. The zero-order valence-electron chi connectivity index (χ0n) is 15.1. The van der Waals surface area contributed by atoms with Crippen LogP contribution in [0, 0.1) is 11.8 Å². The third-order valence-corrected chi connectivity index (χ3v) is 5.69. The van der Waals surface area contributed by atoms with Gasteiger partial charge in [0.25, 0.3) is 0 Å². The molecule has 0 aromatic carbocycles. The van der Waals surface area contributed by atoms with E-state index in [2.05, 4.69) is 34.3 Å². The molecule has 1 aliphatic heterocycles. The molecule has 24 heavy (non-hydrogen) atoms. The zero-order valence-corrected chi connectivity index (χ0v) is 15.9. The number of nitrogens with one attached hydrogen (secondary N) is 1. The van der Waals surface area contributed by atoms with Crippen molar-refractivity contribution < 1.29 is 0 Å². The SMILES string of the molecule is CC1CCCC(CN(Cc2ccccn2)C2CCCNCC2)C1.Cl. The highest BCUT2D eigenvalue weighted by molar-refractivity contribution is 5.85. The Balaban J connectivity index is 0.00000208. The van der Waals surface area contributed by atoms with Crippen LogP contribution in [0.2, 0.25) is 0 Å². The van der Waals surface area contributed by atoms with Crippen LogP contribution in [-0.2, 0) is 6.54 Å². The molecule has 2 fully saturated rings. The summed E-state index contributed by atoms with van der Waals surface area (Å²) in [6.45, 7) is 7.09. The Morgan fingerprint density at radius 2 is 2.04 bits per heavy atom. The lowest BCUT2D eigenvalue weighted by atomic mass is 9.82. The zero-order chi connectivity index (χ0) is 15.9. The van der Waals surface area contributed by atoms with Crippen molar-refractivity contribution in [1.29, 1.82) is 0 Å². The van der Waals surface area contributed by atoms with Gasteiger partial charge in [0.1, 0.15) is 0 Å². The highest BCUT2D eigenvalue weighted by Crippen LogP contribution is 2.30. The van der Waals surface area contributed by atoms with Crippen LogP contribution in [0.4, 0.5) is 0 Å². The largest absolute Gasteiger partial charge is 0.317 e. The van der Waals surface area contributed by atoms with Crippen LogP contribution in [-0.4, -0.2) is 35.6 Å². The first-order valence-electron chi connectivity index (χ1n) is 9.66. The van der Waals surface area contributed by atoms with Gasteiger partial charge in [0.15, 0.2) is 0 Å². The van der Waals surface area contributed by atoms with E-state index in [1.165, 1.54) is 70.3 Å². The lowest BCUT2D eigenvalue weighted by molar-refractivity contribution is 0.119. The van der Waals surface area contributed by atoms with Crippen LogP contribution in [0.3, 0.4) is 0 Å². The molecule has 0 bridgehead atoms. The second-order valence-corrected chi connectivity index (χ2v) is 7.72. The quantitative estimate of drug-likeness (QED) is 0.858. The Morgan fingerprint density at radius 1 is 1.12 bits per heavy atom. The van der Waals surface area contributed by atoms with Gasteiger partial charge in [-0.15, -0.1) is 12.4 Å². The minimum Gasteiger partial charge on any atom is -0.317 e. The number of hydrogen-bond donors (Lipinski definition) is 1. The highest BCUT2D eigenvalue weighted by Gasteiger charge is 2.26. The average Bonchev–Trinajstić information content (AvgIpc) is 2.84. The fourth-order valence-corrected chi connectivity index (χ4v) is 4.47. The first kappa shape index (κ1) is 19.7. The number of rotatable bonds is 5. The van der Waals surface area contributed by atoms with E-state index in [0.717, 1.165) is 24.4 Å². The van der Waals surface area contributed by atoms with Gasteiger partial charge in [-0.2, -0.15) is 0 Å². The van der Waals surface area contributed by atoms with Crippen molar-refractivity contribution in [3.8, 4) is 0 Å². The van der Waals surface area contributed by atoms with E-state index in [0.29, 0.717) is 0 Å². The molecule has 1 aromatic heterocycles. The molecule has 3 atom stereocenters. The van der Waals surface area contributed by atoms with Crippen LogP contribution in [0.25, 0.3) is 0 Å². The van der Waals surface area contributed by atoms with E-state index >= 15 is 0 Å². The molecule has 0 radical (unpaired) electrons. The molecule has 136 valence electrons. The molecule has 1 N–H and O–H groups in total. The van der Waals surface area contributed by atoms with Crippen molar-refractivity contribution in [2.45, 2.75) is 64.5 Å². The van der Waals surface area contributed by atoms with Gasteiger partial charge in [-0.1, -0.05) is 25.8 Å². The predicted molar refractivity (Wildman–Crippen MR) is 104 cm³/mol. The summed E-state index contributed by atoms with van der Waals surface area (Å²) in [4.78, 5) is 7.35. The molecule has 1 saturated heterocycles. The summed E-state index contributed by atoms with van der Waals surface area (Å²) in [6.07, 6.45) is 11.6. The van der Waals surface area contributed by atoms with E-state index in [1.807, 2.05) is 12.3 Å². The fraction of sp³-hybridized carbons (Fsp3) is 0.750. The minimum absolute atomic E-state index is 0. The van der Waals surface area contributed by atoms with Gasteiger partial charge >= 0.3 is 0 Å². The molecule has 0 amide bonds. The second kappa shape index (κ2) is 10.4. The van der Waals surface area contributed by atoms with Gasteiger partial charge in [-0.3, -0.25) is 9.88 Å². The smallest absolute Gasteiger partial charge is 0.0544 e. The highest BCUT2D eigenvalue weighted by atomic mass is 35.5. The maximum atomic E-state index is 4.59. The van der Waals surface area contributed by atoms with E-state index in [4.69, 9.17) is 0 Å². The minimum atomic E-state index is 0. The summed E-state index contributed by atoms with van der Waals surface area (Å²) in [5.74, 6) is 1.81. The molecule has 0 spiro atoms. The van der Waals surface area contributed by atoms with Crippen LogP contribution in [0.5, 0.6) is 0 Å². The van der Waals surface area contributed by atoms with Crippen LogP contribution in [0.1, 0.15) is 57.6 Å². The maximum absolute atomic E-state index is 4.59. The Bertz CT molecular complexity index is 445. The van der Waals surface area contributed by atoms with E-state index < -0.39 is 0 Å². The van der Waals surface area contributed by atoms with E-state index in [-0.39, 0.29) is 12.4 Å². The van der Waals surface area contributed by atoms with Crippen molar-refractivity contribution in [3.63, 3.8) is 0 Å². The topological polar surface area (TPSA) is 28.2 Å². The van der Waals surface area contributed by atoms with Crippen molar-refractivity contribution in [3.05, 3.63) is 30.1 Å². The molecule has 3 nitrogen and oxygen atoms in total. The summed E-state index contributed by atoms with van der Waals surface area (Å²) >= 11 is 0. The van der Waals surface area contributed by atoms with Crippen molar-refractivity contribution in [2.75, 3.05) is 19.6 Å². The lowest BCUT2D eigenvalue weighted by Crippen LogP contribution is -2.40. The standard InChI is InChI=1S/C20H33N3.ClH/c1-17-6-4-7-18(14-17)15-23(16-19-8-2-3-12-22-19)20-9-5-11-21-13-10-20;/h2-3,8,12,17-18,20-21H,4-7,9-11,13-16H2,1H3;1H. The normalized spacial score (nSPS) is 28.2. The van der Waals surface area contributed by atoms with Gasteiger partial charge in [-0.25, -0.2) is 0 Å². The third-order valence-electron chi connectivity index (χ3n) is 5.69. The molecule has 1 aromatic rings. The first-order chi connectivity index (χ1) is 11.3. The van der Waals surface area contributed by atoms with Crippen LogP contribution >= 0.6 is 12.4 Å². The van der Waals surface area contributed by atoms with E-state index in [9.17, 15) is 0 Å². The number of halogens is 1. The summed E-state index contributed by atoms with van der Waals surface area (Å²) in [5.41, 5.74) is 1.23. The average molecular weight is 352 g/mol. The Kier molecular flexibility index (Phi) is 8.51. The summed E-state index contributed by atoms with van der Waals surface area (Å²) in [5, 5.41) is 3.56. The van der Waals surface area contributed by atoms with Gasteiger partial charge in [0.05, 0.1) is 5.69 Å². The monoisotopic (exact) mass is 351 g/mol. The Hall–Kier alpha value is -0.640. The Labute approximate surface area is 154 Å². The lowest BCUT2D eigenvalue weighted by Gasteiger charge is -2.36. The molecule has 2 aliphatic rings. The number of hydrogen-bond acceptors (Lipinski definition) is 3. The van der Waals surface area contributed by atoms with Crippen LogP contribution in [0.15, 0.2) is 24.4 Å². The molecular formula is C20H34ClN3. The van der Waals surface area contributed by atoms with Gasteiger partial charge in [-0.05, 0) is 69.2 Å². The van der Waals surface area contributed by atoms with Crippen LogP contribution < -0.4 is 5.32 Å². The summed E-state index contributed by atoms with van der Waals surface area (Å²) < 4.78 is 0. The number of nitrogens with zero attached hydrogens (tertiary/aromatic N) is 2. The van der Waals surface area contributed by atoms with Crippen molar-refractivity contribution >= 4 is 12.4 Å².